The zero-order valence-corrected chi connectivity index (χ0v) is 69.4. The minimum absolute atomic E-state index is 0.107. The number of esters is 4. The summed E-state index contributed by atoms with van der Waals surface area (Å²) in [5.74, 6) is -0.587. The average molecular weight is 1510 g/mol. The van der Waals surface area contributed by atoms with Gasteiger partial charge in [-0.3, -0.25) is 37.3 Å². The van der Waals surface area contributed by atoms with Crippen LogP contribution < -0.4 is 0 Å². The summed E-state index contributed by atoms with van der Waals surface area (Å²) in [6.45, 7) is 9.63. The topological polar surface area (TPSA) is 237 Å². The van der Waals surface area contributed by atoms with Crippen molar-refractivity contribution < 1.29 is 80.2 Å². The largest absolute Gasteiger partial charge is 0.472 e. The molecule has 0 saturated carbocycles. The molecule has 0 aromatic carbocycles. The molecule has 2 unspecified atom stereocenters. The van der Waals surface area contributed by atoms with Gasteiger partial charge in [-0.2, -0.15) is 0 Å². The average Bonchev–Trinajstić information content (AvgIpc) is 0.926. The van der Waals surface area contributed by atoms with Crippen molar-refractivity contribution in [3.05, 3.63) is 0 Å². The van der Waals surface area contributed by atoms with Crippen molar-refractivity contribution in [1.82, 2.24) is 0 Å². The molecular formula is C84H164O17P2. The zero-order valence-electron chi connectivity index (χ0n) is 67.6. The van der Waals surface area contributed by atoms with Gasteiger partial charge in [0.1, 0.15) is 19.3 Å². The molecule has 0 bridgehead atoms. The molecule has 0 fully saturated rings. The van der Waals surface area contributed by atoms with Gasteiger partial charge in [0.05, 0.1) is 26.4 Å². The fourth-order valence-corrected chi connectivity index (χ4v) is 14.6. The van der Waals surface area contributed by atoms with Crippen molar-refractivity contribution in [3.8, 4) is 0 Å². The summed E-state index contributed by atoms with van der Waals surface area (Å²) < 4.78 is 68.8. The third kappa shape index (κ3) is 78.0. The third-order valence-corrected chi connectivity index (χ3v) is 21.6. The standard InChI is InChI=1S/C84H164O17P2/c1-7-9-11-13-15-17-19-21-23-24-25-26-27-32-36-40-44-50-57-63-69-83(88)100-79(72-94-81(86)66-60-54-48-42-38-35-31-29-28-30-33-37-41-46-52-58-64-76(3)4)74-98-102(90,91)96-70-78(85)71-97-103(92,93)99-75-80(73-95-82(87)67-61-55-51-45-47-53-59-65-77(5)6)101-84(89)68-62-56-49-43-39-34-22-20-18-16-14-12-10-8-2/h76-80,85H,7-75H2,1-6H3,(H,90,91)(H,92,93)/t78-,79-,80-/m1/s1. The maximum absolute atomic E-state index is 13.1. The molecule has 0 aliphatic rings. The quantitative estimate of drug-likeness (QED) is 0.0222. The lowest BCUT2D eigenvalue weighted by Crippen LogP contribution is -2.30. The van der Waals surface area contributed by atoms with Crippen LogP contribution >= 0.6 is 15.6 Å². The van der Waals surface area contributed by atoms with Crippen LogP contribution in [-0.4, -0.2) is 96.7 Å². The van der Waals surface area contributed by atoms with Gasteiger partial charge in [0.15, 0.2) is 12.2 Å². The van der Waals surface area contributed by atoms with Crippen molar-refractivity contribution in [1.29, 1.82) is 0 Å². The first-order valence-electron chi connectivity index (χ1n) is 43.5. The number of rotatable bonds is 83. The lowest BCUT2D eigenvalue weighted by molar-refractivity contribution is -0.161. The number of ether oxygens (including phenoxy) is 4. The number of unbranched alkanes of at least 4 members (excludes halogenated alkanes) is 53. The van der Waals surface area contributed by atoms with Crippen molar-refractivity contribution in [2.45, 2.75) is 464 Å². The summed E-state index contributed by atoms with van der Waals surface area (Å²) in [7, 11) is -9.92. The Kier molecular flexibility index (Phi) is 74.1. The summed E-state index contributed by atoms with van der Waals surface area (Å²) in [4.78, 5) is 73.1. The maximum Gasteiger partial charge on any atom is 0.472 e. The van der Waals surface area contributed by atoms with Crippen LogP contribution in [0, 0.1) is 11.8 Å². The molecule has 0 aromatic rings. The summed E-state index contributed by atoms with van der Waals surface area (Å²) >= 11 is 0. The van der Waals surface area contributed by atoms with E-state index in [4.69, 9.17) is 37.0 Å². The van der Waals surface area contributed by atoms with Gasteiger partial charge in [0, 0.05) is 25.7 Å². The predicted octanol–water partition coefficient (Wildman–Crippen LogP) is 25.5. The number of phosphoric ester groups is 2. The normalized spacial score (nSPS) is 13.9. The minimum atomic E-state index is -4.96. The number of hydrogen-bond donors (Lipinski definition) is 3. The summed E-state index contributed by atoms with van der Waals surface area (Å²) in [6.07, 6.45) is 66.8. The lowest BCUT2D eigenvalue weighted by Gasteiger charge is -2.21. The Labute approximate surface area is 632 Å². The Balaban J connectivity index is 5.22. The van der Waals surface area contributed by atoms with Gasteiger partial charge in [-0.25, -0.2) is 9.13 Å². The third-order valence-electron chi connectivity index (χ3n) is 19.7. The van der Waals surface area contributed by atoms with Crippen LogP contribution in [0.15, 0.2) is 0 Å². The molecule has 0 aromatic heterocycles. The Morgan fingerprint density at radius 3 is 0.660 bits per heavy atom. The van der Waals surface area contributed by atoms with E-state index < -0.39 is 97.5 Å². The number of carbonyl (C=O) groups excluding carboxylic acids is 4. The molecule has 0 heterocycles. The Morgan fingerprint density at radius 1 is 0.262 bits per heavy atom. The van der Waals surface area contributed by atoms with Crippen molar-refractivity contribution in [2.24, 2.45) is 11.8 Å². The second kappa shape index (κ2) is 75.5. The molecule has 0 aliphatic heterocycles. The number of carbonyl (C=O) groups is 4. The van der Waals surface area contributed by atoms with Gasteiger partial charge in [-0.05, 0) is 37.5 Å². The SMILES string of the molecule is CCCCCCCCCCCCCCCCCCCCCCC(=O)O[C@H](COC(=O)CCCCCCCCCCCCCCCCCCC(C)C)COP(=O)(O)OC[C@@H](O)COP(=O)(O)OC[C@@H](COC(=O)CCCCCCCCCC(C)C)OC(=O)CCCCCCCCCCCCCCCC. The van der Waals surface area contributed by atoms with Crippen LogP contribution in [0.2, 0.25) is 0 Å². The van der Waals surface area contributed by atoms with Gasteiger partial charge in [0.25, 0.3) is 0 Å². The number of hydrogen-bond acceptors (Lipinski definition) is 15. The number of aliphatic hydroxyl groups excluding tert-OH is 1. The number of phosphoric acid groups is 2. The second-order valence-corrected chi connectivity index (χ2v) is 34.1. The molecule has 19 heteroatoms. The van der Waals surface area contributed by atoms with Crippen molar-refractivity contribution in [3.63, 3.8) is 0 Å². The van der Waals surface area contributed by atoms with E-state index in [1.54, 1.807) is 0 Å². The highest BCUT2D eigenvalue weighted by Gasteiger charge is 2.30. The highest BCUT2D eigenvalue weighted by molar-refractivity contribution is 7.47. The second-order valence-electron chi connectivity index (χ2n) is 31.2. The number of aliphatic hydroxyl groups is 1. The van der Waals surface area contributed by atoms with Crippen LogP contribution in [-0.2, 0) is 65.4 Å². The Bertz CT molecular complexity index is 1980. The Hall–Kier alpha value is -1.94. The van der Waals surface area contributed by atoms with E-state index in [1.807, 2.05) is 0 Å². The van der Waals surface area contributed by atoms with Crippen LogP contribution in [0.25, 0.3) is 0 Å². The Morgan fingerprint density at radius 2 is 0.447 bits per heavy atom. The molecule has 0 rings (SSSR count). The minimum Gasteiger partial charge on any atom is -0.462 e. The van der Waals surface area contributed by atoms with E-state index in [0.29, 0.717) is 31.6 Å². The predicted molar refractivity (Wildman–Crippen MR) is 423 cm³/mol. The van der Waals surface area contributed by atoms with E-state index in [0.717, 1.165) is 102 Å². The zero-order chi connectivity index (χ0) is 75.6. The van der Waals surface area contributed by atoms with E-state index in [9.17, 15) is 43.2 Å². The van der Waals surface area contributed by atoms with E-state index in [1.165, 1.54) is 257 Å². The van der Waals surface area contributed by atoms with Crippen molar-refractivity contribution >= 4 is 39.5 Å². The molecule has 3 N–H and O–H groups in total. The van der Waals surface area contributed by atoms with Gasteiger partial charge in [0.2, 0.25) is 0 Å². The van der Waals surface area contributed by atoms with E-state index in [-0.39, 0.29) is 25.7 Å². The molecular weight excluding hydrogens is 1340 g/mol. The molecule has 612 valence electrons. The van der Waals surface area contributed by atoms with Crippen molar-refractivity contribution in [2.75, 3.05) is 39.6 Å². The first-order chi connectivity index (χ1) is 49.9. The maximum atomic E-state index is 13.1. The highest BCUT2D eigenvalue weighted by atomic mass is 31.2. The van der Waals surface area contributed by atoms with E-state index in [2.05, 4.69) is 41.5 Å². The monoisotopic (exact) mass is 1510 g/mol. The molecule has 0 amide bonds. The fraction of sp³-hybridized carbons (Fsp3) is 0.952. The van der Waals surface area contributed by atoms with Crippen LogP contribution in [0.1, 0.15) is 446 Å². The molecule has 17 nitrogen and oxygen atoms in total. The molecule has 0 spiro atoms. The fourth-order valence-electron chi connectivity index (χ4n) is 13.1. The van der Waals surface area contributed by atoms with Crippen LogP contribution in [0.3, 0.4) is 0 Å². The first-order valence-corrected chi connectivity index (χ1v) is 46.5. The smallest absolute Gasteiger partial charge is 0.462 e. The molecule has 103 heavy (non-hydrogen) atoms. The highest BCUT2D eigenvalue weighted by Crippen LogP contribution is 2.45. The van der Waals surface area contributed by atoms with Crippen LogP contribution in [0.4, 0.5) is 0 Å². The van der Waals surface area contributed by atoms with Gasteiger partial charge in [-0.1, -0.05) is 395 Å². The molecule has 0 radical (unpaired) electrons. The van der Waals surface area contributed by atoms with Crippen LogP contribution in [0.5, 0.6) is 0 Å². The molecule has 0 aliphatic carbocycles. The summed E-state index contributed by atoms with van der Waals surface area (Å²) in [5, 5.41) is 10.7. The van der Waals surface area contributed by atoms with Gasteiger partial charge in [-0.15, -0.1) is 0 Å². The lowest BCUT2D eigenvalue weighted by atomic mass is 10.0. The first kappa shape index (κ1) is 101. The summed E-state index contributed by atoms with van der Waals surface area (Å²) in [6, 6.07) is 0. The molecule has 5 atom stereocenters. The molecule has 0 saturated heterocycles. The summed E-state index contributed by atoms with van der Waals surface area (Å²) in [5.41, 5.74) is 0. The van der Waals surface area contributed by atoms with Gasteiger partial charge < -0.3 is 33.8 Å². The van der Waals surface area contributed by atoms with Gasteiger partial charge >= 0.3 is 39.5 Å². The van der Waals surface area contributed by atoms with E-state index >= 15 is 0 Å².